The predicted molar refractivity (Wildman–Crippen MR) is 9.05 cm³/mol. The molecule has 0 aliphatic rings. The van der Waals surface area contributed by atoms with Gasteiger partial charge in [0.05, 0.1) is 0 Å². The number of isocyanates is 1. The van der Waals surface area contributed by atoms with Crippen LogP contribution < -0.4 is 115 Å². The maximum absolute atomic E-state index is 8.24. The molecule has 0 heterocycles. The van der Waals surface area contributed by atoms with Gasteiger partial charge in [-0.25, -0.2) is 0 Å². The molecule has 0 bridgehead atoms. The van der Waals surface area contributed by atoms with E-state index in [0.29, 0.717) is 6.08 Å². The van der Waals surface area contributed by atoms with Crippen molar-refractivity contribution in [2.24, 2.45) is 0 Å². The first-order valence-corrected chi connectivity index (χ1v) is 0.428. The molecule has 5 heteroatoms. The van der Waals surface area contributed by atoms with Crippen LogP contribution in [0, 0.1) is 0 Å². The van der Waals surface area contributed by atoms with Crippen molar-refractivity contribution in [2.45, 2.75) is 0 Å². The molecule has 0 saturated carbocycles. The molecule has 0 atom stereocenters. The molecule has 24 valence electrons. The summed E-state index contributed by atoms with van der Waals surface area (Å²) < 4.78 is 0. The molecule has 0 fully saturated rings. The van der Waals surface area contributed by atoms with Gasteiger partial charge in [0.2, 0.25) is 0 Å². The minimum atomic E-state index is 0. The van der Waals surface area contributed by atoms with Gasteiger partial charge in [-0.1, -0.05) is 0 Å². The van der Waals surface area contributed by atoms with Gasteiger partial charge in [0.15, 0.2) is 0 Å². The first kappa shape index (κ1) is 23.1. The van der Waals surface area contributed by atoms with Gasteiger partial charge in [0, 0.05) is 0 Å². The van der Waals surface area contributed by atoms with Crippen LogP contribution in [0.15, 0.2) is 0 Å². The van der Waals surface area contributed by atoms with E-state index in [2.05, 4.69) is 0 Å². The van der Waals surface area contributed by atoms with Crippen LogP contribution in [0.25, 0.3) is 5.41 Å². The summed E-state index contributed by atoms with van der Waals surface area (Å²) in [5.74, 6) is 0. The van der Waals surface area contributed by atoms with Crippen molar-refractivity contribution in [1.29, 1.82) is 0 Å². The van der Waals surface area contributed by atoms with Gasteiger partial charge in [0.25, 0.3) is 0 Å². The van der Waals surface area contributed by atoms with Crippen molar-refractivity contribution in [2.75, 3.05) is 0 Å². The molecule has 6 heavy (non-hydrogen) atoms. The molecule has 0 radical (unpaired) electrons. The summed E-state index contributed by atoms with van der Waals surface area (Å²) in [6.07, 6.45) is 0.500. The van der Waals surface area contributed by atoms with Gasteiger partial charge in [0.1, 0.15) is 0 Å². The third-order valence-electron chi connectivity index (χ3n) is 0. The molecular formula is CClK2NO. The van der Waals surface area contributed by atoms with Crippen LogP contribution in [-0.2, 0) is 4.79 Å². The van der Waals surface area contributed by atoms with E-state index in [4.69, 9.17) is 10.2 Å². The number of hydrogen-bond donors (Lipinski definition) is 0. The first-order valence-electron chi connectivity index (χ1n) is 0.428. The average molecular weight is 156 g/mol. The molecule has 0 rings (SSSR count). The summed E-state index contributed by atoms with van der Waals surface area (Å²) in [5, 5.41) is 6.76. The molecule has 0 spiro atoms. The van der Waals surface area contributed by atoms with Crippen LogP contribution in [0.5, 0.6) is 0 Å². The fourth-order valence-electron chi connectivity index (χ4n) is 0. The molecule has 0 aliphatic carbocycles. The molecule has 0 aliphatic heterocycles. The summed E-state index contributed by atoms with van der Waals surface area (Å²) in [6, 6.07) is 0. The smallest absolute Gasteiger partial charge is 1.00 e. The Bertz CT molecular complexity index is 34.5. The summed E-state index contributed by atoms with van der Waals surface area (Å²) in [5.41, 5.74) is 0. The van der Waals surface area contributed by atoms with E-state index in [-0.39, 0.29) is 115 Å². The Morgan fingerprint density at radius 2 is 1.33 bits per heavy atom. The fraction of sp³-hybridized carbons (Fsp3) is 0. The van der Waals surface area contributed by atoms with Crippen LogP contribution in [0.4, 0.5) is 0 Å². The second-order valence-electron chi connectivity index (χ2n) is 0.0913. The Morgan fingerprint density at radius 1 is 1.33 bits per heavy atom. The van der Waals surface area contributed by atoms with E-state index >= 15 is 0 Å². The van der Waals surface area contributed by atoms with Crippen molar-refractivity contribution in [3.05, 3.63) is 5.41 Å². The number of carbonyl (C=O) groups excluding carboxylic acids is 1. The van der Waals surface area contributed by atoms with E-state index in [1.54, 1.807) is 0 Å². The summed E-state index contributed by atoms with van der Waals surface area (Å²) in [6.45, 7) is 0. The number of rotatable bonds is 0. The zero-order valence-electron chi connectivity index (χ0n) is 3.73. The van der Waals surface area contributed by atoms with E-state index in [0.717, 1.165) is 0 Å². The summed E-state index contributed by atoms with van der Waals surface area (Å²) in [7, 11) is 0. The van der Waals surface area contributed by atoms with Crippen molar-refractivity contribution in [1.82, 2.24) is 0 Å². The molecule has 0 aromatic carbocycles. The Morgan fingerprint density at radius 3 is 1.33 bits per heavy atom. The van der Waals surface area contributed by atoms with Crippen molar-refractivity contribution in [3.8, 4) is 0 Å². The molecular weight excluding hydrogens is 156 g/mol. The summed E-state index contributed by atoms with van der Waals surface area (Å²) >= 11 is 0. The van der Waals surface area contributed by atoms with E-state index < -0.39 is 0 Å². The van der Waals surface area contributed by atoms with Gasteiger partial charge in [-0.05, 0) is 6.08 Å². The van der Waals surface area contributed by atoms with E-state index in [9.17, 15) is 0 Å². The van der Waals surface area contributed by atoms with E-state index in [1.807, 2.05) is 0 Å². The van der Waals surface area contributed by atoms with E-state index in [1.165, 1.54) is 0 Å². The van der Waals surface area contributed by atoms with Crippen LogP contribution in [0.1, 0.15) is 0 Å². The molecule has 0 saturated heterocycles. The quantitative estimate of drug-likeness (QED) is 0.195. The third kappa shape index (κ3) is 28.3. The monoisotopic (exact) mass is 155 g/mol. The van der Waals surface area contributed by atoms with Crippen LogP contribution in [0.3, 0.4) is 0 Å². The van der Waals surface area contributed by atoms with Gasteiger partial charge < -0.3 is 17.8 Å². The van der Waals surface area contributed by atoms with Gasteiger partial charge in [-0.15, -0.1) is 0 Å². The van der Waals surface area contributed by atoms with Crippen LogP contribution in [-0.4, -0.2) is 6.08 Å². The van der Waals surface area contributed by atoms with Crippen molar-refractivity contribution in [3.63, 3.8) is 0 Å². The van der Waals surface area contributed by atoms with Crippen LogP contribution >= 0.6 is 0 Å². The van der Waals surface area contributed by atoms with Gasteiger partial charge in [-0.3, -0.25) is 4.79 Å². The van der Waals surface area contributed by atoms with Crippen molar-refractivity contribution >= 4 is 6.08 Å². The summed E-state index contributed by atoms with van der Waals surface area (Å²) in [4.78, 5) is 8.24. The van der Waals surface area contributed by atoms with Crippen molar-refractivity contribution < 1.29 is 120 Å². The molecule has 2 nitrogen and oxygen atoms in total. The average Bonchev–Trinajstić information content (AvgIpc) is 0.918. The van der Waals surface area contributed by atoms with Gasteiger partial charge >= 0.3 is 103 Å². The predicted octanol–water partition coefficient (Wildman–Crippen LogP) is -9.10. The van der Waals surface area contributed by atoms with Crippen LogP contribution in [0.2, 0.25) is 0 Å². The molecule has 0 unspecified atom stereocenters. The molecule has 0 amide bonds. The number of nitrogens with zero attached hydrogens (tertiary/aromatic N) is 1. The Balaban J connectivity index is -0.00000000667. The second-order valence-corrected chi connectivity index (χ2v) is 0.0913. The largest absolute Gasteiger partial charge is 1.00 e. The molecule has 0 N–H and O–H groups in total. The Hall–Kier alpha value is 2.94. The second kappa shape index (κ2) is 24.6. The number of halogens is 1. The first-order chi connectivity index (χ1) is 1.41. The maximum Gasteiger partial charge on any atom is 1.00 e. The fourth-order valence-corrected chi connectivity index (χ4v) is 0. The van der Waals surface area contributed by atoms with Gasteiger partial charge in [-0.2, -0.15) is 0 Å². The Kier molecular flexibility index (Phi) is 94.8. The molecule has 0 aromatic heterocycles. The standard InChI is InChI=1S/CNO.ClH.2K/c2-1-3;;;/h;1H;;/q-1;;2*+1/p-1. The minimum absolute atomic E-state index is 0. The zero-order valence-corrected chi connectivity index (χ0v) is 10.7. The maximum atomic E-state index is 8.24. The molecule has 0 aromatic rings. The topological polar surface area (TPSA) is 39.4 Å². The number of hydrogen-bond acceptors (Lipinski definition) is 1. The Labute approximate surface area is 128 Å². The normalized spacial score (nSPS) is 1.33. The zero-order chi connectivity index (χ0) is 2.71. The third-order valence-corrected chi connectivity index (χ3v) is 0. The SMILES string of the molecule is [Cl-].[K+].[K+].[N-]=C=O. The minimum Gasteiger partial charge on any atom is -1.00 e.